The van der Waals surface area contributed by atoms with Gasteiger partial charge in [-0.05, 0) is 43.5 Å². The number of ether oxygens (including phenoxy) is 2. The van der Waals surface area contributed by atoms with Gasteiger partial charge in [0.05, 0.1) is 10.5 Å². The van der Waals surface area contributed by atoms with Gasteiger partial charge in [-0.25, -0.2) is 17.9 Å². The largest absolute Gasteiger partial charge is 0.573 e. The van der Waals surface area contributed by atoms with Gasteiger partial charge in [0.15, 0.2) is 6.61 Å². The van der Waals surface area contributed by atoms with Crippen LogP contribution in [-0.2, 0) is 26.1 Å². The molecule has 0 bridgehead atoms. The van der Waals surface area contributed by atoms with Gasteiger partial charge in [-0.2, -0.15) is 0 Å². The second-order valence-electron chi connectivity index (χ2n) is 7.38. The van der Waals surface area contributed by atoms with Gasteiger partial charge >= 0.3 is 12.3 Å². The van der Waals surface area contributed by atoms with Crippen molar-refractivity contribution in [3.05, 3.63) is 59.2 Å². The average Bonchev–Trinajstić information content (AvgIpc) is 3.53. The van der Waals surface area contributed by atoms with Crippen LogP contribution in [0.1, 0.15) is 34.3 Å². The molecule has 0 aliphatic heterocycles. The molecule has 12 heteroatoms. The maximum atomic E-state index is 12.5. The Morgan fingerprint density at radius 3 is 2.48 bits per heavy atom. The van der Waals surface area contributed by atoms with Crippen molar-refractivity contribution in [1.29, 1.82) is 0 Å². The molecule has 2 aromatic rings. The molecule has 1 fully saturated rings. The van der Waals surface area contributed by atoms with Crippen LogP contribution in [0.3, 0.4) is 0 Å². The number of para-hydroxylation sites is 1. The minimum Gasteiger partial charge on any atom is -0.452 e. The Morgan fingerprint density at radius 2 is 1.82 bits per heavy atom. The molecule has 2 N–H and O–H groups in total. The average molecular weight is 486 g/mol. The van der Waals surface area contributed by atoms with Gasteiger partial charge in [-0.3, -0.25) is 4.79 Å². The van der Waals surface area contributed by atoms with Crippen LogP contribution in [0.5, 0.6) is 5.75 Å². The Balaban J connectivity index is 1.58. The van der Waals surface area contributed by atoms with Gasteiger partial charge in [0.2, 0.25) is 10.0 Å². The first-order valence-corrected chi connectivity index (χ1v) is 11.3. The smallest absolute Gasteiger partial charge is 0.452 e. The van der Waals surface area contributed by atoms with E-state index in [-0.39, 0.29) is 28.6 Å². The van der Waals surface area contributed by atoms with Gasteiger partial charge in [-0.1, -0.05) is 24.3 Å². The highest BCUT2D eigenvalue weighted by Gasteiger charge is 2.32. The number of esters is 1. The zero-order chi connectivity index (χ0) is 24.2. The second-order valence-corrected chi connectivity index (χ2v) is 9.09. The van der Waals surface area contributed by atoms with Crippen molar-refractivity contribution >= 4 is 21.9 Å². The minimum atomic E-state index is -4.89. The number of hydrogen-bond donors (Lipinski definition) is 2. The molecule has 0 radical (unpaired) electrons. The molecule has 0 aromatic heterocycles. The molecule has 1 aliphatic rings. The number of amides is 1. The van der Waals surface area contributed by atoms with Gasteiger partial charge in [-0.15, -0.1) is 13.2 Å². The zero-order valence-corrected chi connectivity index (χ0v) is 18.3. The van der Waals surface area contributed by atoms with Crippen molar-refractivity contribution in [3.63, 3.8) is 0 Å². The monoisotopic (exact) mass is 486 g/mol. The molecule has 178 valence electrons. The number of carbonyl (C=O) groups is 2. The molecular weight excluding hydrogens is 465 g/mol. The normalized spacial score (nSPS) is 13.9. The molecular formula is C21H21F3N2O6S. The minimum absolute atomic E-state index is 0.0228. The Kier molecular flexibility index (Phi) is 7.28. The van der Waals surface area contributed by atoms with Gasteiger partial charge in [0, 0.05) is 18.2 Å². The van der Waals surface area contributed by atoms with Crippen molar-refractivity contribution < 1.29 is 40.7 Å². The van der Waals surface area contributed by atoms with Crippen LogP contribution in [-0.4, -0.2) is 39.3 Å². The summed E-state index contributed by atoms with van der Waals surface area (Å²) in [4.78, 5) is 24.3. The first kappa shape index (κ1) is 24.5. The number of sulfonamides is 1. The Hall–Kier alpha value is -3.12. The predicted octanol–water partition coefficient (Wildman–Crippen LogP) is 2.81. The van der Waals surface area contributed by atoms with Gasteiger partial charge < -0.3 is 14.8 Å². The fourth-order valence-corrected chi connectivity index (χ4v) is 4.14. The van der Waals surface area contributed by atoms with E-state index >= 15 is 0 Å². The van der Waals surface area contributed by atoms with E-state index in [0.29, 0.717) is 5.56 Å². The summed E-state index contributed by atoms with van der Waals surface area (Å²) in [6, 6.07) is 9.17. The van der Waals surface area contributed by atoms with E-state index in [0.717, 1.165) is 18.9 Å². The highest BCUT2D eigenvalue weighted by Crippen LogP contribution is 2.26. The summed E-state index contributed by atoms with van der Waals surface area (Å²) in [6.45, 7) is 0.582. The molecule has 1 saturated carbocycles. The summed E-state index contributed by atoms with van der Waals surface area (Å²) in [5.74, 6) is -2.13. The van der Waals surface area contributed by atoms with E-state index in [1.54, 1.807) is 6.92 Å². The highest BCUT2D eigenvalue weighted by atomic mass is 32.2. The lowest BCUT2D eigenvalue weighted by Gasteiger charge is -2.14. The van der Waals surface area contributed by atoms with E-state index in [4.69, 9.17) is 4.74 Å². The lowest BCUT2D eigenvalue weighted by molar-refractivity contribution is -0.274. The van der Waals surface area contributed by atoms with Crippen molar-refractivity contribution in [2.45, 2.75) is 43.6 Å². The lowest BCUT2D eigenvalue weighted by Crippen LogP contribution is -2.29. The van der Waals surface area contributed by atoms with E-state index in [9.17, 15) is 31.2 Å². The number of alkyl halides is 3. The van der Waals surface area contributed by atoms with Crippen LogP contribution in [0.15, 0.2) is 47.4 Å². The number of nitrogens with one attached hydrogen (secondary N) is 2. The fourth-order valence-electron chi connectivity index (χ4n) is 2.80. The Labute approximate surface area is 188 Å². The molecule has 0 saturated heterocycles. The van der Waals surface area contributed by atoms with E-state index in [1.165, 1.54) is 36.4 Å². The van der Waals surface area contributed by atoms with E-state index in [2.05, 4.69) is 14.8 Å². The molecule has 0 spiro atoms. The maximum absolute atomic E-state index is 12.5. The third-order valence-electron chi connectivity index (χ3n) is 4.65. The Bertz CT molecular complexity index is 1150. The van der Waals surface area contributed by atoms with Crippen molar-refractivity contribution in [3.8, 4) is 5.75 Å². The summed E-state index contributed by atoms with van der Waals surface area (Å²) in [6.07, 6.45) is -3.38. The van der Waals surface area contributed by atoms with Crippen molar-refractivity contribution in [2.24, 2.45) is 0 Å². The second kappa shape index (κ2) is 9.79. The number of carbonyl (C=O) groups excluding carboxylic acids is 2. The SMILES string of the molecule is Cc1ccc(S(=O)(=O)NC2CC2)cc1C(=O)OCC(=O)NCc1ccccc1OC(F)(F)F. The molecule has 0 unspecified atom stereocenters. The summed E-state index contributed by atoms with van der Waals surface area (Å²) in [7, 11) is -3.79. The first-order chi connectivity index (χ1) is 15.4. The Morgan fingerprint density at radius 1 is 1.12 bits per heavy atom. The van der Waals surface area contributed by atoms with Crippen LogP contribution >= 0.6 is 0 Å². The summed E-state index contributed by atoms with van der Waals surface area (Å²) in [5, 5.41) is 2.34. The topological polar surface area (TPSA) is 111 Å². The van der Waals surface area contributed by atoms with Gasteiger partial charge in [0.1, 0.15) is 5.75 Å². The number of aryl methyl sites for hydroxylation is 1. The predicted molar refractivity (Wildman–Crippen MR) is 110 cm³/mol. The summed E-state index contributed by atoms with van der Waals surface area (Å²) >= 11 is 0. The summed E-state index contributed by atoms with van der Waals surface area (Å²) < 4.78 is 73.5. The van der Waals surface area contributed by atoms with Crippen LogP contribution in [0.25, 0.3) is 0 Å². The van der Waals surface area contributed by atoms with Crippen LogP contribution < -0.4 is 14.8 Å². The molecule has 1 aliphatic carbocycles. The number of halogens is 3. The molecule has 33 heavy (non-hydrogen) atoms. The molecule has 1 amide bonds. The van der Waals surface area contributed by atoms with Crippen LogP contribution in [0, 0.1) is 6.92 Å². The molecule has 8 nitrogen and oxygen atoms in total. The van der Waals surface area contributed by atoms with Crippen LogP contribution in [0.4, 0.5) is 13.2 Å². The van der Waals surface area contributed by atoms with Crippen molar-refractivity contribution in [2.75, 3.05) is 6.61 Å². The van der Waals surface area contributed by atoms with E-state index in [1.807, 2.05) is 0 Å². The first-order valence-electron chi connectivity index (χ1n) is 9.85. The molecule has 0 atom stereocenters. The highest BCUT2D eigenvalue weighted by molar-refractivity contribution is 7.89. The standard InChI is InChI=1S/C21H21F3N2O6S/c1-13-6-9-16(33(29,30)26-15-7-8-15)10-17(13)20(28)31-12-19(27)25-11-14-4-2-3-5-18(14)32-21(22,23)24/h2-6,9-10,15,26H,7-8,11-12H2,1H3,(H,25,27). The van der Waals surface area contributed by atoms with Crippen LogP contribution in [0.2, 0.25) is 0 Å². The van der Waals surface area contributed by atoms with E-state index < -0.39 is 40.6 Å². The number of rotatable bonds is 9. The molecule has 2 aromatic carbocycles. The fraction of sp³-hybridized carbons (Fsp3) is 0.333. The lowest BCUT2D eigenvalue weighted by atomic mass is 10.1. The third-order valence-corrected chi connectivity index (χ3v) is 6.17. The molecule has 3 rings (SSSR count). The third kappa shape index (κ3) is 7.19. The van der Waals surface area contributed by atoms with Gasteiger partial charge in [0.25, 0.3) is 5.91 Å². The maximum Gasteiger partial charge on any atom is 0.573 e. The number of benzene rings is 2. The zero-order valence-electron chi connectivity index (χ0n) is 17.4. The molecule has 0 heterocycles. The quantitative estimate of drug-likeness (QED) is 0.528. The number of hydrogen-bond acceptors (Lipinski definition) is 6. The summed E-state index contributed by atoms with van der Waals surface area (Å²) in [5.41, 5.74) is 0.501. The van der Waals surface area contributed by atoms with Crippen molar-refractivity contribution in [1.82, 2.24) is 10.0 Å².